The molecule has 0 aliphatic carbocycles. The summed E-state index contributed by atoms with van der Waals surface area (Å²) in [6, 6.07) is 19.4. The van der Waals surface area contributed by atoms with E-state index in [0.717, 1.165) is 11.1 Å². The van der Waals surface area contributed by atoms with E-state index in [9.17, 15) is 5.11 Å². The smallest absolute Gasteiger partial charge is 0.187 e. The van der Waals surface area contributed by atoms with E-state index in [1.165, 1.54) is 0 Å². The summed E-state index contributed by atoms with van der Waals surface area (Å²) in [5.41, 5.74) is 0.213. The number of halogens is 2. The van der Waals surface area contributed by atoms with Gasteiger partial charge in [-0.1, -0.05) is 60.7 Å². The number of hydrogen-bond donors (Lipinski definition) is 1. The largest absolute Gasteiger partial charge is 0.382 e. The van der Waals surface area contributed by atoms with Crippen molar-refractivity contribution in [2.45, 2.75) is 67.9 Å². The average Bonchev–Trinajstić information content (AvgIpc) is 3.26. The molecule has 8 heteroatoms. The molecule has 174 valence electrons. The predicted octanol–water partition coefficient (Wildman–Crippen LogP) is 4.20. The van der Waals surface area contributed by atoms with Crippen LogP contribution in [0.4, 0.5) is 0 Å². The fraction of sp³-hybridized carbons (Fsp3) is 0.500. The van der Waals surface area contributed by atoms with Crippen LogP contribution in [-0.2, 0) is 36.9 Å². The summed E-state index contributed by atoms with van der Waals surface area (Å²) in [6.45, 7) is 4.07. The third-order valence-corrected chi connectivity index (χ3v) is 6.34. The Morgan fingerprint density at radius 2 is 1.50 bits per heavy atom. The SMILES string of the molecule is CC1(C)O[C@@H]2[C@@H](OCc3ccccc3)O[C@H]([C@@](O)(COCc3ccccc3)C(Cl)Cl)[C@@H]2O1. The molecule has 4 rings (SSSR count). The molecule has 2 heterocycles. The van der Waals surface area contributed by atoms with Gasteiger partial charge in [0.25, 0.3) is 0 Å². The van der Waals surface area contributed by atoms with Gasteiger partial charge in [-0.25, -0.2) is 0 Å². The zero-order chi connectivity index (χ0) is 22.8. The van der Waals surface area contributed by atoms with E-state index in [0.29, 0.717) is 13.2 Å². The second kappa shape index (κ2) is 9.95. The summed E-state index contributed by atoms with van der Waals surface area (Å²) in [6.07, 6.45) is -2.85. The van der Waals surface area contributed by atoms with Gasteiger partial charge in [0.1, 0.15) is 28.7 Å². The van der Waals surface area contributed by atoms with E-state index >= 15 is 0 Å². The standard InChI is InChI=1S/C24H28Cl2O6/c1-23(2)31-18-19(32-23)21(29-14-17-11-7-4-8-12-17)30-20(18)24(27,22(25)26)15-28-13-16-9-5-3-6-10-16/h3-12,18-22,27H,13-15H2,1-2H3/t18-,19+,20+,21+,24+/m1/s1. The number of aliphatic hydroxyl groups is 1. The van der Waals surface area contributed by atoms with E-state index < -0.39 is 40.8 Å². The van der Waals surface area contributed by atoms with E-state index in [4.69, 9.17) is 46.9 Å². The Morgan fingerprint density at radius 1 is 0.938 bits per heavy atom. The van der Waals surface area contributed by atoms with Gasteiger partial charge in [-0.05, 0) is 25.0 Å². The van der Waals surface area contributed by atoms with E-state index in [-0.39, 0.29) is 6.61 Å². The summed E-state index contributed by atoms with van der Waals surface area (Å²) in [7, 11) is 0. The van der Waals surface area contributed by atoms with E-state index in [2.05, 4.69) is 0 Å². The quantitative estimate of drug-likeness (QED) is 0.540. The number of hydrogen-bond acceptors (Lipinski definition) is 6. The molecule has 2 aliphatic heterocycles. The van der Waals surface area contributed by atoms with Crippen molar-refractivity contribution < 1.29 is 28.8 Å². The van der Waals surface area contributed by atoms with Gasteiger partial charge in [0.05, 0.1) is 19.8 Å². The lowest BCUT2D eigenvalue weighted by Crippen LogP contribution is -2.56. The van der Waals surface area contributed by atoms with Crippen molar-refractivity contribution in [2.75, 3.05) is 6.61 Å². The van der Waals surface area contributed by atoms with Crippen molar-refractivity contribution in [3.05, 3.63) is 71.8 Å². The Labute approximate surface area is 198 Å². The van der Waals surface area contributed by atoms with Crippen LogP contribution in [0.15, 0.2) is 60.7 Å². The summed E-state index contributed by atoms with van der Waals surface area (Å²) in [5, 5.41) is 11.5. The van der Waals surface area contributed by atoms with Crippen LogP contribution in [0.1, 0.15) is 25.0 Å². The summed E-state index contributed by atoms with van der Waals surface area (Å²) >= 11 is 12.5. The zero-order valence-corrected chi connectivity index (χ0v) is 19.5. The minimum absolute atomic E-state index is 0.150. The van der Waals surface area contributed by atoms with Crippen molar-refractivity contribution in [3.63, 3.8) is 0 Å². The second-order valence-corrected chi connectivity index (χ2v) is 9.65. The maximum absolute atomic E-state index is 11.5. The maximum atomic E-state index is 11.5. The van der Waals surface area contributed by atoms with Crippen molar-refractivity contribution in [3.8, 4) is 0 Å². The molecule has 2 aromatic rings. The van der Waals surface area contributed by atoms with Gasteiger partial charge < -0.3 is 28.8 Å². The van der Waals surface area contributed by atoms with Crippen molar-refractivity contribution in [1.82, 2.24) is 0 Å². The Balaban J connectivity index is 1.48. The lowest BCUT2D eigenvalue weighted by molar-refractivity contribution is -0.261. The molecule has 0 unspecified atom stereocenters. The highest BCUT2D eigenvalue weighted by atomic mass is 35.5. The van der Waals surface area contributed by atoms with Gasteiger partial charge in [-0.15, -0.1) is 23.2 Å². The van der Waals surface area contributed by atoms with Crippen molar-refractivity contribution >= 4 is 23.2 Å². The predicted molar refractivity (Wildman–Crippen MR) is 120 cm³/mol. The summed E-state index contributed by atoms with van der Waals surface area (Å²) in [5.74, 6) is -0.869. The molecule has 1 N–H and O–H groups in total. The molecule has 2 saturated heterocycles. The van der Waals surface area contributed by atoms with Gasteiger partial charge in [0.15, 0.2) is 12.1 Å². The molecule has 0 radical (unpaired) electrons. The highest BCUT2D eigenvalue weighted by Crippen LogP contribution is 2.44. The number of benzene rings is 2. The molecule has 0 amide bonds. The fourth-order valence-corrected chi connectivity index (χ4v) is 4.40. The van der Waals surface area contributed by atoms with Crippen LogP contribution in [0.5, 0.6) is 0 Å². The highest BCUT2D eigenvalue weighted by molar-refractivity contribution is 6.45. The fourth-order valence-electron chi connectivity index (χ4n) is 4.03. The molecule has 2 fully saturated rings. The van der Waals surface area contributed by atoms with E-state index in [1.54, 1.807) is 13.8 Å². The number of fused-ring (bicyclic) bond motifs is 1. The first-order chi connectivity index (χ1) is 15.3. The number of alkyl halides is 2. The van der Waals surface area contributed by atoms with Crippen LogP contribution in [0.3, 0.4) is 0 Å². The molecular weight excluding hydrogens is 455 g/mol. The number of rotatable bonds is 9. The number of ether oxygens (including phenoxy) is 5. The van der Waals surface area contributed by atoms with Crippen LogP contribution in [0, 0.1) is 0 Å². The van der Waals surface area contributed by atoms with Gasteiger partial charge in [0.2, 0.25) is 0 Å². The molecule has 0 bridgehead atoms. The van der Waals surface area contributed by atoms with E-state index in [1.807, 2.05) is 60.7 Å². The first-order valence-electron chi connectivity index (χ1n) is 10.6. The lowest BCUT2D eigenvalue weighted by Gasteiger charge is -2.37. The first kappa shape index (κ1) is 23.9. The molecule has 2 aromatic carbocycles. The molecule has 5 atom stereocenters. The molecule has 2 aliphatic rings. The van der Waals surface area contributed by atoms with Gasteiger partial charge in [-0.2, -0.15) is 0 Å². The minimum Gasteiger partial charge on any atom is -0.382 e. The monoisotopic (exact) mass is 482 g/mol. The third-order valence-electron chi connectivity index (χ3n) is 5.58. The second-order valence-electron chi connectivity index (χ2n) is 8.56. The molecule has 6 nitrogen and oxygen atoms in total. The van der Waals surface area contributed by atoms with Gasteiger partial charge >= 0.3 is 0 Å². The van der Waals surface area contributed by atoms with Crippen LogP contribution >= 0.6 is 23.2 Å². The molecule has 0 aromatic heterocycles. The Morgan fingerprint density at radius 3 is 2.09 bits per heavy atom. The minimum atomic E-state index is -1.74. The molecular formula is C24H28Cl2O6. The van der Waals surface area contributed by atoms with Crippen LogP contribution in [0.2, 0.25) is 0 Å². The Kier molecular flexibility index (Phi) is 7.44. The van der Waals surface area contributed by atoms with Gasteiger partial charge in [-0.3, -0.25) is 0 Å². The zero-order valence-electron chi connectivity index (χ0n) is 18.0. The van der Waals surface area contributed by atoms with Crippen LogP contribution in [-0.4, -0.2) is 52.5 Å². The topological polar surface area (TPSA) is 66.4 Å². The Hall–Kier alpha value is -1.22. The first-order valence-corrected chi connectivity index (χ1v) is 11.4. The molecule has 0 spiro atoms. The summed E-state index contributed by atoms with van der Waals surface area (Å²) in [4.78, 5) is -1.19. The van der Waals surface area contributed by atoms with Crippen LogP contribution in [0.25, 0.3) is 0 Å². The van der Waals surface area contributed by atoms with Crippen molar-refractivity contribution in [1.29, 1.82) is 0 Å². The normalized spacial score (nSPS) is 28.6. The average molecular weight is 483 g/mol. The third kappa shape index (κ3) is 5.29. The maximum Gasteiger partial charge on any atom is 0.187 e. The van der Waals surface area contributed by atoms with Crippen LogP contribution < -0.4 is 0 Å². The lowest BCUT2D eigenvalue weighted by atomic mass is 9.94. The highest BCUT2D eigenvalue weighted by Gasteiger charge is 2.63. The molecule has 32 heavy (non-hydrogen) atoms. The van der Waals surface area contributed by atoms with Crippen molar-refractivity contribution in [2.24, 2.45) is 0 Å². The van der Waals surface area contributed by atoms with Gasteiger partial charge in [0, 0.05) is 0 Å². The Bertz CT molecular complexity index is 865. The summed E-state index contributed by atoms with van der Waals surface area (Å²) < 4.78 is 30.0. The molecule has 0 saturated carbocycles.